The topological polar surface area (TPSA) is 0 Å². The van der Waals surface area contributed by atoms with E-state index in [-0.39, 0.29) is 0 Å². The summed E-state index contributed by atoms with van der Waals surface area (Å²) in [4.78, 5) is 0. The minimum atomic E-state index is 0.465. The summed E-state index contributed by atoms with van der Waals surface area (Å²) in [6.07, 6.45) is 9.44. The Morgan fingerprint density at radius 3 is 1.30 bits per heavy atom. The lowest BCUT2D eigenvalue weighted by atomic mass is 9.68. The molecule has 0 nitrogen and oxygen atoms in total. The lowest BCUT2D eigenvalue weighted by molar-refractivity contribution is 0.144. The standard InChI is InChI=1S/C21H44.C2H6/c1-11-19(5,6)13-12-14-20(7,8)17-21(9,10)16-15-18(2,3)4;1-2/h11-17H2,1-10H3;1-2H3. The van der Waals surface area contributed by atoms with Crippen LogP contribution in [-0.2, 0) is 0 Å². The normalized spacial score (nSPS) is 13.6. The van der Waals surface area contributed by atoms with Gasteiger partial charge in [0.15, 0.2) is 0 Å². The summed E-state index contributed by atoms with van der Waals surface area (Å²) in [7, 11) is 0. The van der Waals surface area contributed by atoms with Gasteiger partial charge in [0.25, 0.3) is 0 Å². The van der Waals surface area contributed by atoms with Crippen LogP contribution in [0.15, 0.2) is 0 Å². The monoisotopic (exact) mass is 326 g/mol. The van der Waals surface area contributed by atoms with Crippen molar-refractivity contribution >= 4 is 0 Å². The fourth-order valence-electron chi connectivity index (χ4n) is 3.41. The van der Waals surface area contributed by atoms with Gasteiger partial charge < -0.3 is 0 Å². The number of hydrogen-bond acceptors (Lipinski definition) is 0. The highest BCUT2D eigenvalue weighted by molar-refractivity contribution is 4.81. The van der Waals surface area contributed by atoms with Crippen molar-refractivity contribution in [3.8, 4) is 0 Å². The zero-order valence-corrected chi connectivity index (χ0v) is 18.9. The first-order valence-corrected chi connectivity index (χ1v) is 10.2. The van der Waals surface area contributed by atoms with Crippen molar-refractivity contribution in [1.82, 2.24) is 0 Å². The van der Waals surface area contributed by atoms with Gasteiger partial charge in [-0.1, -0.05) is 95.9 Å². The molecule has 0 N–H and O–H groups in total. The first-order valence-electron chi connectivity index (χ1n) is 10.2. The van der Waals surface area contributed by atoms with Crippen LogP contribution >= 0.6 is 0 Å². The van der Waals surface area contributed by atoms with E-state index < -0.39 is 0 Å². The van der Waals surface area contributed by atoms with Gasteiger partial charge in [-0.2, -0.15) is 0 Å². The number of hydrogen-bond donors (Lipinski definition) is 0. The van der Waals surface area contributed by atoms with Crippen LogP contribution in [0.3, 0.4) is 0 Å². The quantitative estimate of drug-likeness (QED) is 0.397. The first kappa shape index (κ1) is 25.2. The molecular weight excluding hydrogens is 276 g/mol. The van der Waals surface area contributed by atoms with Gasteiger partial charge in [0, 0.05) is 0 Å². The Labute approximate surface area is 150 Å². The fourth-order valence-corrected chi connectivity index (χ4v) is 3.41. The molecule has 0 amide bonds. The van der Waals surface area contributed by atoms with Gasteiger partial charge in [-0.3, -0.25) is 0 Å². The molecule has 0 aromatic rings. The summed E-state index contributed by atoms with van der Waals surface area (Å²) in [5.74, 6) is 0. The van der Waals surface area contributed by atoms with Crippen LogP contribution in [0.1, 0.15) is 128 Å². The van der Waals surface area contributed by atoms with Crippen molar-refractivity contribution in [2.24, 2.45) is 21.7 Å². The molecule has 0 saturated heterocycles. The van der Waals surface area contributed by atoms with Gasteiger partial charge in [0.2, 0.25) is 0 Å². The van der Waals surface area contributed by atoms with Gasteiger partial charge >= 0.3 is 0 Å². The Bertz CT molecular complexity index is 286. The van der Waals surface area contributed by atoms with E-state index in [0.717, 1.165) is 0 Å². The maximum absolute atomic E-state index is 2.48. The fraction of sp³-hybridized carbons (Fsp3) is 1.00. The Morgan fingerprint density at radius 2 is 0.913 bits per heavy atom. The van der Waals surface area contributed by atoms with Crippen LogP contribution in [0.2, 0.25) is 0 Å². The van der Waals surface area contributed by atoms with E-state index in [4.69, 9.17) is 0 Å². The molecule has 0 aromatic carbocycles. The zero-order chi connectivity index (χ0) is 18.9. The molecule has 0 fully saturated rings. The molecule has 0 aromatic heterocycles. The third-order valence-corrected chi connectivity index (χ3v) is 5.17. The molecule has 0 unspecified atom stereocenters. The van der Waals surface area contributed by atoms with Crippen LogP contribution in [0.25, 0.3) is 0 Å². The van der Waals surface area contributed by atoms with Crippen molar-refractivity contribution in [3.05, 3.63) is 0 Å². The Kier molecular flexibility index (Phi) is 11.1. The molecule has 0 aliphatic heterocycles. The average Bonchev–Trinajstić information content (AvgIpc) is 2.36. The molecular formula is C23H50. The minimum Gasteiger partial charge on any atom is -0.0683 e. The van der Waals surface area contributed by atoms with E-state index in [1.54, 1.807) is 0 Å². The van der Waals surface area contributed by atoms with Crippen molar-refractivity contribution < 1.29 is 0 Å². The molecule has 0 aliphatic carbocycles. The average molecular weight is 327 g/mol. The van der Waals surface area contributed by atoms with Crippen LogP contribution in [0, 0.1) is 21.7 Å². The van der Waals surface area contributed by atoms with Gasteiger partial charge in [-0.15, -0.1) is 0 Å². The molecule has 0 rings (SSSR count). The lowest BCUT2D eigenvalue weighted by Crippen LogP contribution is -2.25. The predicted molar refractivity (Wildman–Crippen MR) is 110 cm³/mol. The Morgan fingerprint density at radius 1 is 0.522 bits per heavy atom. The molecule has 0 bridgehead atoms. The van der Waals surface area contributed by atoms with Gasteiger partial charge in [0.1, 0.15) is 0 Å². The lowest BCUT2D eigenvalue weighted by Gasteiger charge is -2.37. The second-order valence-electron chi connectivity index (χ2n) is 10.9. The van der Waals surface area contributed by atoms with E-state index in [0.29, 0.717) is 21.7 Å². The molecule has 23 heavy (non-hydrogen) atoms. The molecule has 0 atom stereocenters. The highest BCUT2D eigenvalue weighted by atomic mass is 14.4. The van der Waals surface area contributed by atoms with Crippen molar-refractivity contribution in [1.29, 1.82) is 0 Å². The van der Waals surface area contributed by atoms with Crippen LogP contribution < -0.4 is 0 Å². The van der Waals surface area contributed by atoms with Crippen molar-refractivity contribution in [3.63, 3.8) is 0 Å². The summed E-state index contributed by atoms with van der Waals surface area (Å²) < 4.78 is 0. The zero-order valence-electron chi connectivity index (χ0n) is 18.9. The van der Waals surface area contributed by atoms with E-state index in [9.17, 15) is 0 Å². The molecule has 142 valence electrons. The van der Waals surface area contributed by atoms with Gasteiger partial charge in [-0.05, 0) is 53.8 Å². The highest BCUT2D eigenvalue weighted by Crippen LogP contribution is 2.42. The molecule has 0 spiro atoms. The second-order valence-corrected chi connectivity index (χ2v) is 10.9. The maximum Gasteiger partial charge on any atom is -0.0349 e. The van der Waals surface area contributed by atoms with Gasteiger partial charge in [0.05, 0.1) is 0 Å². The summed E-state index contributed by atoms with van der Waals surface area (Å²) >= 11 is 0. The third kappa shape index (κ3) is 15.3. The summed E-state index contributed by atoms with van der Waals surface area (Å²) in [6, 6.07) is 0. The van der Waals surface area contributed by atoms with Crippen LogP contribution in [0.4, 0.5) is 0 Å². The predicted octanol–water partition coefficient (Wildman–Crippen LogP) is 8.89. The first-order chi connectivity index (χ1) is 10.2. The second kappa shape index (κ2) is 10.1. The summed E-state index contributed by atoms with van der Waals surface area (Å²) in [5, 5.41) is 0. The van der Waals surface area contributed by atoms with Gasteiger partial charge in [-0.25, -0.2) is 0 Å². The van der Waals surface area contributed by atoms with E-state index in [1.807, 2.05) is 13.8 Å². The Hall–Kier alpha value is 0. The third-order valence-electron chi connectivity index (χ3n) is 5.17. The molecule has 0 saturated carbocycles. The molecule has 0 radical (unpaired) electrons. The maximum atomic E-state index is 2.48. The minimum absolute atomic E-state index is 0.465. The molecule has 0 aliphatic rings. The smallest absolute Gasteiger partial charge is 0.0349 e. The van der Waals surface area contributed by atoms with Crippen LogP contribution in [-0.4, -0.2) is 0 Å². The van der Waals surface area contributed by atoms with Crippen LogP contribution in [0.5, 0.6) is 0 Å². The summed E-state index contributed by atoms with van der Waals surface area (Å²) in [5.41, 5.74) is 1.94. The summed E-state index contributed by atoms with van der Waals surface area (Å²) in [6.45, 7) is 28.1. The molecule has 0 heteroatoms. The van der Waals surface area contributed by atoms with Crippen molar-refractivity contribution in [2.75, 3.05) is 0 Å². The number of rotatable bonds is 9. The largest absolute Gasteiger partial charge is 0.0683 e. The van der Waals surface area contributed by atoms with E-state index >= 15 is 0 Å². The van der Waals surface area contributed by atoms with E-state index in [2.05, 4.69) is 69.2 Å². The highest BCUT2D eigenvalue weighted by Gasteiger charge is 2.30. The molecule has 0 heterocycles. The van der Waals surface area contributed by atoms with Crippen molar-refractivity contribution in [2.45, 2.75) is 128 Å². The Balaban J connectivity index is 0. The SMILES string of the molecule is CC.CCC(C)(C)CCCC(C)(C)CC(C)(C)CCC(C)(C)C. The van der Waals surface area contributed by atoms with E-state index in [1.165, 1.54) is 44.9 Å².